The van der Waals surface area contributed by atoms with Crippen LogP contribution in [-0.2, 0) is 4.74 Å². The number of nitrogens with zero attached hydrogens (tertiary/aromatic N) is 2. The molecule has 4 nitrogen and oxygen atoms in total. The maximum Gasteiger partial charge on any atom is 0.205 e. The third-order valence-electron chi connectivity index (χ3n) is 3.03. The SMILES string of the molecule is CCC1(C)CC(Nc2nncs2)CCO1. The molecule has 1 N–H and O–H groups in total. The van der Waals surface area contributed by atoms with E-state index in [1.54, 1.807) is 16.8 Å². The van der Waals surface area contributed by atoms with Gasteiger partial charge in [0.1, 0.15) is 5.51 Å². The topological polar surface area (TPSA) is 47.0 Å². The van der Waals surface area contributed by atoms with Gasteiger partial charge in [-0.05, 0) is 26.2 Å². The number of rotatable bonds is 3. The van der Waals surface area contributed by atoms with Crippen LogP contribution in [0, 0.1) is 0 Å². The van der Waals surface area contributed by atoms with Gasteiger partial charge in [-0.1, -0.05) is 18.3 Å². The minimum Gasteiger partial charge on any atom is -0.375 e. The number of nitrogens with one attached hydrogen (secondary N) is 1. The molecule has 0 saturated carbocycles. The Balaban J connectivity index is 1.93. The van der Waals surface area contributed by atoms with Gasteiger partial charge in [-0.25, -0.2) is 0 Å². The van der Waals surface area contributed by atoms with Crippen LogP contribution in [0.5, 0.6) is 0 Å². The maximum absolute atomic E-state index is 5.79. The zero-order valence-corrected chi connectivity index (χ0v) is 10.0. The summed E-state index contributed by atoms with van der Waals surface area (Å²) >= 11 is 1.55. The van der Waals surface area contributed by atoms with Crippen molar-refractivity contribution in [3.05, 3.63) is 5.51 Å². The Labute approximate surface area is 94.1 Å². The van der Waals surface area contributed by atoms with E-state index in [-0.39, 0.29) is 5.60 Å². The Hall–Kier alpha value is -0.680. The lowest BCUT2D eigenvalue weighted by Crippen LogP contribution is -2.41. The quantitative estimate of drug-likeness (QED) is 0.860. The molecule has 1 fully saturated rings. The van der Waals surface area contributed by atoms with E-state index in [0.29, 0.717) is 6.04 Å². The molecule has 0 aromatic carbocycles. The lowest BCUT2D eigenvalue weighted by Gasteiger charge is -2.37. The fourth-order valence-corrected chi connectivity index (χ4v) is 2.43. The number of anilines is 1. The molecule has 1 aliphatic heterocycles. The van der Waals surface area contributed by atoms with Crippen LogP contribution in [0.25, 0.3) is 0 Å². The van der Waals surface area contributed by atoms with Gasteiger partial charge < -0.3 is 10.1 Å². The van der Waals surface area contributed by atoms with Gasteiger partial charge in [0, 0.05) is 12.6 Å². The van der Waals surface area contributed by atoms with Crippen LogP contribution >= 0.6 is 11.3 Å². The molecule has 1 aromatic rings. The zero-order valence-electron chi connectivity index (χ0n) is 9.19. The van der Waals surface area contributed by atoms with Crippen LogP contribution in [-0.4, -0.2) is 28.4 Å². The van der Waals surface area contributed by atoms with Crippen LogP contribution in [0.3, 0.4) is 0 Å². The van der Waals surface area contributed by atoms with Crippen molar-refractivity contribution in [2.75, 3.05) is 11.9 Å². The molecular formula is C10H17N3OS. The van der Waals surface area contributed by atoms with Crippen LogP contribution in [0.15, 0.2) is 5.51 Å². The highest BCUT2D eigenvalue weighted by Crippen LogP contribution is 2.29. The summed E-state index contributed by atoms with van der Waals surface area (Å²) in [6, 6.07) is 0.469. The minimum atomic E-state index is 0.0284. The normalized spacial score (nSPS) is 31.5. The van der Waals surface area contributed by atoms with Gasteiger partial charge >= 0.3 is 0 Å². The Morgan fingerprint density at radius 2 is 2.60 bits per heavy atom. The summed E-state index contributed by atoms with van der Waals surface area (Å²) in [5.41, 5.74) is 1.78. The molecule has 2 atom stereocenters. The number of hydrogen-bond donors (Lipinski definition) is 1. The minimum absolute atomic E-state index is 0.0284. The highest BCUT2D eigenvalue weighted by Gasteiger charge is 2.31. The first-order valence-electron chi connectivity index (χ1n) is 5.38. The Morgan fingerprint density at radius 1 is 1.73 bits per heavy atom. The van der Waals surface area contributed by atoms with Crippen molar-refractivity contribution < 1.29 is 4.74 Å². The summed E-state index contributed by atoms with van der Waals surface area (Å²) in [5, 5.41) is 12.2. The first-order chi connectivity index (χ1) is 7.22. The van der Waals surface area contributed by atoms with E-state index in [9.17, 15) is 0 Å². The molecule has 84 valence electrons. The first kappa shape index (κ1) is 10.8. The summed E-state index contributed by atoms with van der Waals surface area (Å²) < 4.78 is 5.79. The van der Waals surface area contributed by atoms with Gasteiger partial charge in [-0.15, -0.1) is 10.2 Å². The predicted octanol–water partition coefficient (Wildman–Crippen LogP) is 2.30. The van der Waals surface area contributed by atoms with Crippen molar-refractivity contribution in [3.8, 4) is 0 Å². The fraction of sp³-hybridized carbons (Fsp3) is 0.800. The standard InChI is InChI=1S/C10H17N3OS/c1-3-10(2)6-8(4-5-14-10)12-9-13-11-7-15-9/h7-8H,3-6H2,1-2H3,(H,12,13). The second-order valence-corrected chi connectivity index (χ2v) is 5.06. The molecule has 2 unspecified atom stereocenters. The molecule has 1 saturated heterocycles. The average molecular weight is 227 g/mol. The fourth-order valence-electron chi connectivity index (χ4n) is 1.91. The first-order valence-corrected chi connectivity index (χ1v) is 6.26. The molecule has 1 aromatic heterocycles. The summed E-state index contributed by atoms with van der Waals surface area (Å²) in [5.74, 6) is 0. The smallest absolute Gasteiger partial charge is 0.205 e. The van der Waals surface area contributed by atoms with E-state index >= 15 is 0 Å². The Bertz CT molecular complexity index is 304. The largest absolute Gasteiger partial charge is 0.375 e. The predicted molar refractivity (Wildman–Crippen MR) is 61.2 cm³/mol. The van der Waals surface area contributed by atoms with Gasteiger partial charge in [0.2, 0.25) is 5.13 Å². The van der Waals surface area contributed by atoms with Crippen molar-refractivity contribution in [1.29, 1.82) is 0 Å². The number of hydrogen-bond acceptors (Lipinski definition) is 5. The summed E-state index contributed by atoms with van der Waals surface area (Å²) in [6.07, 6.45) is 3.15. The monoisotopic (exact) mass is 227 g/mol. The van der Waals surface area contributed by atoms with Crippen LogP contribution in [0.1, 0.15) is 33.1 Å². The third-order valence-corrected chi connectivity index (χ3v) is 3.65. The molecule has 5 heteroatoms. The molecular weight excluding hydrogens is 210 g/mol. The average Bonchev–Trinajstić information content (AvgIpc) is 2.71. The molecule has 1 aliphatic rings. The van der Waals surface area contributed by atoms with Crippen LogP contribution in [0.4, 0.5) is 5.13 Å². The van der Waals surface area contributed by atoms with Gasteiger partial charge in [0.15, 0.2) is 0 Å². The highest BCUT2D eigenvalue weighted by molar-refractivity contribution is 7.13. The van der Waals surface area contributed by atoms with Crippen LogP contribution < -0.4 is 5.32 Å². The van der Waals surface area contributed by atoms with E-state index in [1.165, 1.54) is 0 Å². The summed E-state index contributed by atoms with van der Waals surface area (Å²) in [6.45, 7) is 5.19. The summed E-state index contributed by atoms with van der Waals surface area (Å²) in [4.78, 5) is 0. The van der Waals surface area contributed by atoms with Crippen LogP contribution in [0.2, 0.25) is 0 Å². The third kappa shape index (κ3) is 2.66. The molecule has 0 radical (unpaired) electrons. The second kappa shape index (κ2) is 4.45. The second-order valence-electron chi connectivity index (χ2n) is 4.23. The van der Waals surface area contributed by atoms with Crippen molar-refractivity contribution in [2.45, 2.75) is 44.8 Å². The lowest BCUT2D eigenvalue weighted by atomic mass is 9.90. The zero-order chi connectivity index (χ0) is 10.7. The Morgan fingerprint density at radius 3 is 3.27 bits per heavy atom. The van der Waals surface area contributed by atoms with E-state index in [2.05, 4.69) is 29.4 Å². The van der Waals surface area contributed by atoms with E-state index < -0.39 is 0 Å². The molecule has 2 heterocycles. The molecule has 0 spiro atoms. The highest BCUT2D eigenvalue weighted by atomic mass is 32.1. The molecule has 2 rings (SSSR count). The summed E-state index contributed by atoms with van der Waals surface area (Å²) in [7, 11) is 0. The molecule has 15 heavy (non-hydrogen) atoms. The van der Waals surface area contributed by atoms with Crippen molar-refractivity contribution in [3.63, 3.8) is 0 Å². The van der Waals surface area contributed by atoms with Gasteiger partial charge in [-0.2, -0.15) is 0 Å². The van der Waals surface area contributed by atoms with E-state index in [4.69, 9.17) is 4.74 Å². The van der Waals surface area contributed by atoms with E-state index in [0.717, 1.165) is 31.0 Å². The van der Waals surface area contributed by atoms with Crippen molar-refractivity contribution in [2.24, 2.45) is 0 Å². The Kier molecular flexibility index (Phi) is 3.21. The van der Waals surface area contributed by atoms with E-state index in [1.807, 2.05) is 0 Å². The van der Waals surface area contributed by atoms with Gasteiger partial charge in [0.05, 0.1) is 5.60 Å². The maximum atomic E-state index is 5.79. The molecule has 0 amide bonds. The lowest BCUT2D eigenvalue weighted by molar-refractivity contribution is -0.0708. The van der Waals surface area contributed by atoms with Crippen molar-refractivity contribution >= 4 is 16.5 Å². The molecule has 0 bridgehead atoms. The number of aromatic nitrogens is 2. The number of ether oxygens (including phenoxy) is 1. The van der Waals surface area contributed by atoms with Gasteiger partial charge in [0.25, 0.3) is 0 Å². The van der Waals surface area contributed by atoms with Crippen molar-refractivity contribution in [1.82, 2.24) is 10.2 Å². The van der Waals surface area contributed by atoms with Gasteiger partial charge in [-0.3, -0.25) is 0 Å². The molecule has 0 aliphatic carbocycles.